The van der Waals surface area contributed by atoms with Crippen molar-refractivity contribution in [2.24, 2.45) is 0 Å². The zero-order chi connectivity index (χ0) is 37.5. The summed E-state index contributed by atoms with van der Waals surface area (Å²) in [6.07, 6.45) is 4.92. The van der Waals surface area contributed by atoms with Crippen molar-refractivity contribution in [2.45, 2.75) is 43.5 Å². The Morgan fingerprint density at radius 1 is 0.714 bits per heavy atom. The van der Waals surface area contributed by atoms with E-state index < -0.39 is 5.54 Å². The number of benzene rings is 6. The van der Waals surface area contributed by atoms with Gasteiger partial charge in [-0.1, -0.05) is 146 Å². The van der Waals surface area contributed by atoms with Crippen LogP contribution >= 0.6 is 0 Å². The third-order valence-corrected chi connectivity index (χ3v) is 11.4. The first-order valence-electron chi connectivity index (χ1n) is 19.2. The molecule has 0 N–H and O–H groups in total. The highest BCUT2D eigenvalue weighted by Gasteiger charge is 2.42. The third kappa shape index (κ3) is 5.84. The minimum absolute atomic E-state index is 0.0239. The van der Waals surface area contributed by atoms with Gasteiger partial charge in [-0.05, 0) is 80.8 Å². The molecule has 0 saturated carbocycles. The Bertz CT molecular complexity index is 2590. The fourth-order valence-electron chi connectivity index (χ4n) is 8.73. The molecular formula is C47H39N7O2. The fraction of sp³-hybridized carbons (Fsp3) is 0.170. The van der Waals surface area contributed by atoms with E-state index >= 15 is 0 Å². The topological polar surface area (TPSA) is 91.0 Å². The van der Waals surface area contributed by atoms with Gasteiger partial charge in [-0.2, -0.15) is 5.06 Å². The van der Waals surface area contributed by atoms with Gasteiger partial charge >= 0.3 is 0 Å². The van der Waals surface area contributed by atoms with Crippen molar-refractivity contribution in [1.29, 1.82) is 0 Å². The molecule has 0 aliphatic carbocycles. The maximum absolute atomic E-state index is 13.8. The highest BCUT2D eigenvalue weighted by atomic mass is 16.7. The van der Waals surface area contributed by atoms with Crippen LogP contribution in [0.1, 0.15) is 53.2 Å². The Hall–Kier alpha value is -6.55. The van der Waals surface area contributed by atoms with Crippen molar-refractivity contribution in [1.82, 2.24) is 34.8 Å². The predicted octanol–water partition coefficient (Wildman–Crippen LogP) is 8.45. The van der Waals surface area contributed by atoms with Crippen molar-refractivity contribution >= 4 is 10.9 Å². The summed E-state index contributed by atoms with van der Waals surface area (Å²) >= 11 is 0. The van der Waals surface area contributed by atoms with Gasteiger partial charge in [0, 0.05) is 18.2 Å². The van der Waals surface area contributed by atoms with Crippen LogP contribution in [0, 0.1) is 0 Å². The number of tetrazole rings is 1. The van der Waals surface area contributed by atoms with Gasteiger partial charge in [0.2, 0.25) is 0 Å². The van der Waals surface area contributed by atoms with Gasteiger partial charge in [-0.25, -0.2) is 9.67 Å². The Labute approximate surface area is 324 Å². The second-order valence-electron chi connectivity index (χ2n) is 14.7. The molecule has 9 nitrogen and oxygen atoms in total. The van der Waals surface area contributed by atoms with E-state index in [1.807, 2.05) is 53.2 Å². The number of nitrogens with zero attached hydrogens (tertiary/aromatic N) is 7. The zero-order valence-corrected chi connectivity index (χ0v) is 30.7. The third-order valence-electron chi connectivity index (χ3n) is 11.4. The Kier molecular flexibility index (Phi) is 8.65. The molecule has 4 heterocycles. The number of hydrogen-bond acceptors (Lipinski definition) is 7. The van der Waals surface area contributed by atoms with E-state index in [1.54, 1.807) is 10.9 Å². The van der Waals surface area contributed by atoms with Crippen LogP contribution in [-0.4, -0.2) is 47.4 Å². The van der Waals surface area contributed by atoms with Crippen LogP contribution < -0.4 is 5.56 Å². The summed E-state index contributed by atoms with van der Waals surface area (Å²) in [5.41, 5.74) is 7.79. The summed E-state index contributed by atoms with van der Waals surface area (Å²) in [4.78, 5) is 24.7. The van der Waals surface area contributed by atoms with Gasteiger partial charge in [-0.3, -0.25) is 14.2 Å². The van der Waals surface area contributed by atoms with Crippen molar-refractivity contribution < 1.29 is 4.84 Å². The van der Waals surface area contributed by atoms with Crippen LogP contribution in [0.25, 0.3) is 33.4 Å². The SMILES string of the molecule is O=c1c2cc(C3CC4CCCN4O3)ccc2ncn1Cc1ccc(-c2ccccc2-c2nnnn2C(c2ccccc2)(c2ccccc2)c2ccccc2)cc1. The average molecular weight is 734 g/mol. The predicted molar refractivity (Wildman–Crippen MR) is 217 cm³/mol. The van der Waals surface area contributed by atoms with E-state index in [0.29, 0.717) is 29.3 Å². The summed E-state index contributed by atoms with van der Waals surface area (Å²) in [7, 11) is 0. The molecular weight excluding hydrogens is 695 g/mol. The zero-order valence-electron chi connectivity index (χ0n) is 30.7. The lowest BCUT2D eigenvalue weighted by Crippen LogP contribution is -2.39. The Morgan fingerprint density at radius 2 is 1.36 bits per heavy atom. The van der Waals surface area contributed by atoms with E-state index in [2.05, 4.69) is 124 Å². The molecule has 2 saturated heterocycles. The second-order valence-corrected chi connectivity index (χ2v) is 14.7. The van der Waals surface area contributed by atoms with Gasteiger partial charge in [0.1, 0.15) is 11.6 Å². The number of aromatic nitrogens is 6. The second kappa shape index (κ2) is 14.3. The molecule has 0 radical (unpaired) electrons. The molecule has 2 fully saturated rings. The van der Waals surface area contributed by atoms with Gasteiger partial charge in [0.25, 0.3) is 5.56 Å². The molecule has 8 aromatic rings. The molecule has 6 aromatic carbocycles. The van der Waals surface area contributed by atoms with E-state index in [1.165, 1.54) is 12.8 Å². The molecule has 10 rings (SSSR count). The summed E-state index contributed by atoms with van der Waals surface area (Å²) in [6, 6.07) is 54.3. The first-order valence-corrected chi connectivity index (χ1v) is 19.2. The molecule has 0 spiro atoms. The van der Waals surface area contributed by atoms with Crippen molar-refractivity contribution in [3.05, 3.63) is 202 Å². The fourth-order valence-corrected chi connectivity index (χ4v) is 8.73. The van der Waals surface area contributed by atoms with Gasteiger partial charge < -0.3 is 0 Å². The van der Waals surface area contributed by atoms with Crippen molar-refractivity contribution in [3.63, 3.8) is 0 Å². The van der Waals surface area contributed by atoms with Crippen LogP contribution in [-0.2, 0) is 16.9 Å². The smallest absolute Gasteiger partial charge is 0.261 e. The van der Waals surface area contributed by atoms with Gasteiger partial charge in [-0.15, -0.1) is 5.10 Å². The van der Waals surface area contributed by atoms with Gasteiger partial charge in [0.15, 0.2) is 5.82 Å². The molecule has 2 aromatic heterocycles. The van der Waals surface area contributed by atoms with Crippen LogP contribution in [0.15, 0.2) is 169 Å². The Morgan fingerprint density at radius 3 is 2.02 bits per heavy atom. The summed E-state index contributed by atoms with van der Waals surface area (Å²) in [6.45, 7) is 1.37. The molecule has 2 aliphatic heterocycles. The van der Waals surface area contributed by atoms with E-state index in [9.17, 15) is 4.79 Å². The monoisotopic (exact) mass is 733 g/mol. The Balaban J connectivity index is 1.00. The van der Waals surface area contributed by atoms with Crippen molar-refractivity contribution in [3.8, 4) is 22.5 Å². The molecule has 2 atom stereocenters. The lowest BCUT2D eigenvalue weighted by Gasteiger charge is -2.36. The minimum atomic E-state index is -0.872. The first-order chi connectivity index (χ1) is 27.7. The van der Waals surface area contributed by atoms with Crippen LogP contribution in [0.3, 0.4) is 0 Å². The van der Waals surface area contributed by atoms with E-state index in [0.717, 1.165) is 57.5 Å². The number of hydrogen-bond donors (Lipinski definition) is 0. The van der Waals surface area contributed by atoms with Crippen LogP contribution in [0.4, 0.5) is 0 Å². The average Bonchev–Trinajstić information content (AvgIpc) is 4.03. The maximum Gasteiger partial charge on any atom is 0.261 e. The highest BCUT2D eigenvalue weighted by Crippen LogP contribution is 2.43. The number of hydroxylamine groups is 2. The highest BCUT2D eigenvalue weighted by molar-refractivity contribution is 5.81. The van der Waals surface area contributed by atoms with Crippen LogP contribution in [0.2, 0.25) is 0 Å². The first kappa shape index (κ1) is 34.0. The standard InChI is InChI=1S/C47H39N7O2/c55-46-42-29-35(44-30-39-19-12-28-53(39)56-44)26-27-43(42)48-32-52(46)31-33-22-24-34(25-23-33)40-20-10-11-21-41(40)45-49-50-51-54(45)47(36-13-4-1-5-14-36,37-15-6-2-7-16-37)38-17-8-3-9-18-38/h1-11,13-18,20-27,29,32,39,44H,12,19,28,30-31H2. The van der Waals surface area contributed by atoms with E-state index in [-0.39, 0.29) is 11.7 Å². The molecule has 0 bridgehead atoms. The minimum Gasteiger partial charge on any atom is -0.294 e. The molecule has 56 heavy (non-hydrogen) atoms. The lowest BCUT2D eigenvalue weighted by atomic mass is 9.77. The summed E-state index contributed by atoms with van der Waals surface area (Å²) in [5.74, 6) is 0.637. The molecule has 9 heteroatoms. The summed E-state index contributed by atoms with van der Waals surface area (Å²) < 4.78 is 3.65. The molecule has 274 valence electrons. The normalized spacial score (nSPS) is 17.0. The largest absolute Gasteiger partial charge is 0.294 e. The summed E-state index contributed by atoms with van der Waals surface area (Å²) in [5, 5.41) is 16.5. The molecule has 0 amide bonds. The van der Waals surface area contributed by atoms with Gasteiger partial charge in [0.05, 0.1) is 23.8 Å². The molecule has 2 unspecified atom stereocenters. The number of rotatable bonds is 9. The maximum atomic E-state index is 13.8. The van der Waals surface area contributed by atoms with Crippen LogP contribution in [0.5, 0.6) is 0 Å². The lowest BCUT2D eigenvalue weighted by molar-refractivity contribution is -0.149. The quantitative estimate of drug-likeness (QED) is 0.138. The number of fused-ring (bicyclic) bond motifs is 2. The molecule has 2 aliphatic rings. The van der Waals surface area contributed by atoms with E-state index in [4.69, 9.17) is 15.1 Å². The van der Waals surface area contributed by atoms with Crippen molar-refractivity contribution in [2.75, 3.05) is 6.54 Å².